The van der Waals surface area contributed by atoms with E-state index < -0.39 is 4.92 Å². The fourth-order valence-corrected chi connectivity index (χ4v) is 4.36. The van der Waals surface area contributed by atoms with Gasteiger partial charge < -0.3 is 29.2 Å². The van der Waals surface area contributed by atoms with E-state index >= 15 is 0 Å². The molecule has 2 aliphatic heterocycles. The maximum Gasteiger partial charge on any atom is 0.414 e. The zero-order valence-electron chi connectivity index (χ0n) is 18.5. The molecular formula is C24H25ClN4O5. The summed E-state index contributed by atoms with van der Waals surface area (Å²) in [5, 5.41) is 11.5. The zero-order chi connectivity index (χ0) is 23.5. The first-order chi connectivity index (χ1) is 16.5. The number of imidazole rings is 1. The molecule has 0 saturated carbocycles. The number of halogens is 1. The van der Waals surface area contributed by atoms with Gasteiger partial charge in [0.2, 0.25) is 0 Å². The van der Waals surface area contributed by atoms with Crippen LogP contribution >= 0.6 is 11.6 Å². The second-order valence-corrected chi connectivity index (χ2v) is 8.97. The van der Waals surface area contributed by atoms with E-state index in [4.69, 9.17) is 25.8 Å². The summed E-state index contributed by atoms with van der Waals surface area (Å²) in [6.07, 6.45) is 3.32. The van der Waals surface area contributed by atoms with Gasteiger partial charge in [-0.05, 0) is 72.2 Å². The molecule has 1 aromatic heterocycles. The molecule has 9 nitrogen and oxygen atoms in total. The Morgan fingerprint density at radius 3 is 2.32 bits per heavy atom. The van der Waals surface area contributed by atoms with Crippen LogP contribution in [0.1, 0.15) is 12.8 Å². The van der Waals surface area contributed by atoms with Crippen LogP contribution in [0, 0.1) is 16.0 Å². The van der Waals surface area contributed by atoms with Gasteiger partial charge in [-0.2, -0.15) is 0 Å². The second kappa shape index (κ2) is 9.80. The molecule has 0 aliphatic carbocycles. The van der Waals surface area contributed by atoms with Gasteiger partial charge >= 0.3 is 11.8 Å². The van der Waals surface area contributed by atoms with Gasteiger partial charge in [-0.1, -0.05) is 11.6 Å². The lowest BCUT2D eigenvalue weighted by atomic mass is 9.97. The first-order valence-corrected chi connectivity index (χ1v) is 11.7. The van der Waals surface area contributed by atoms with E-state index in [2.05, 4.69) is 22.0 Å². The maximum atomic E-state index is 10.8. The van der Waals surface area contributed by atoms with Crippen molar-refractivity contribution in [3.8, 4) is 17.5 Å². The molecular weight excluding hydrogens is 460 g/mol. The van der Waals surface area contributed by atoms with Crippen molar-refractivity contribution < 1.29 is 19.1 Å². The highest BCUT2D eigenvalue weighted by Gasteiger charge is 2.31. The highest BCUT2D eigenvalue weighted by atomic mass is 35.5. The van der Waals surface area contributed by atoms with Crippen LogP contribution in [0.4, 0.5) is 11.5 Å². The van der Waals surface area contributed by atoms with Gasteiger partial charge in [0.25, 0.3) is 0 Å². The number of anilines is 1. The van der Waals surface area contributed by atoms with Gasteiger partial charge in [-0.3, -0.25) is 4.57 Å². The van der Waals surface area contributed by atoms with Gasteiger partial charge in [0.1, 0.15) is 24.3 Å². The number of piperidine rings is 1. The third kappa shape index (κ3) is 5.20. The molecule has 2 aromatic carbocycles. The highest BCUT2D eigenvalue weighted by Crippen LogP contribution is 2.28. The molecule has 0 bridgehead atoms. The standard InChI is InChI=1S/C24H25ClN4O5/c25-18-1-5-20(6-2-18)32-15-17-9-11-27(12-10-17)19-3-7-21(8-4-19)33-16-22-13-28-14-23(29(30)31)26-24(28)34-22/h1-8,14,17,22H,9-13,15-16H2. The van der Waals surface area contributed by atoms with E-state index in [0.29, 0.717) is 24.1 Å². The molecule has 3 aromatic rings. The number of rotatable bonds is 8. The third-order valence-corrected chi connectivity index (χ3v) is 6.39. The number of hydrogen-bond donors (Lipinski definition) is 0. The molecule has 34 heavy (non-hydrogen) atoms. The van der Waals surface area contributed by atoms with Gasteiger partial charge in [0, 0.05) is 28.8 Å². The smallest absolute Gasteiger partial charge is 0.414 e. The Morgan fingerprint density at radius 1 is 1.03 bits per heavy atom. The fraction of sp³-hybridized carbons (Fsp3) is 0.375. The molecule has 1 atom stereocenters. The third-order valence-electron chi connectivity index (χ3n) is 6.14. The van der Waals surface area contributed by atoms with Crippen LogP contribution in [0.2, 0.25) is 5.02 Å². The Labute approximate surface area is 202 Å². The van der Waals surface area contributed by atoms with Crippen LogP contribution in [-0.2, 0) is 6.54 Å². The minimum atomic E-state index is -0.528. The van der Waals surface area contributed by atoms with Gasteiger partial charge in [0.05, 0.1) is 13.2 Å². The molecule has 0 radical (unpaired) electrons. The van der Waals surface area contributed by atoms with Crippen LogP contribution < -0.4 is 19.1 Å². The molecule has 0 N–H and O–H groups in total. The summed E-state index contributed by atoms with van der Waals surface area (Å²) in [6, 6.07) is 15.8. The molecule has 10 heteroatoms. The summed E-state index contributed by atoms with van der Waals surface area (Å²) in [4.78, 5) is 16.5. The summed E-state index contributed by atoms with van der Waals surface area (Å²) < 4.78 is 19.1. The summed E-state index contributed by atoms with van der Waals surface area (Å²) in [7, 11) is 0. The molecule has 1 unspecified atom stereocenters. The minimum absolute atomic E-state index is 0.205. The number of hydrogen-bond acceptors (Lipinski definition) is 7. The lowest BCUT2D eigenvalue weighted by Crippen LogP contribution is -2.35. The summed E-state index contributed by atoms with van der Waals surface area (Å²) in [5.74, 6) is 1.95. The lowest BCUT2D eigenvalue weighted by Gasteiger charge is -2.33. The van der Waals surface area contributed by atoms with E-state index in [1.54, 1.807) is 4.57 Å². The summed E-state index contributed by atoms with van der Waals surface area (Å²) >= 11 is 5.92. The van der Waals surface area contributed by atoms with E-state index in [-0.39, 0.29) is 17.9 Å². The second-order valence-electron chi connectivity index (χ2n) is 8.53. The quantitative estimate of drug-likeness (QED) is 0.341. The molecule has 0 spiro atoms. The average Bonchev–Trinajstić information content (AvgIpc) is 3.43. The number of nitro groups is 1. The summed E-state index contributed by atoms with van der Waals surface area (Å²) in [5.41, 5.74) is 1.17. The number of fused-ring (bicyclic) bond motifs is 1. The van der Waals surface area contributed by atoms with E-state index in [9.17, 15) is 10.1 Å². The van der Waals surface area contributed by atoms with Crippen LogP contribution in [0.5, 0.6) is 17.5 Å². The maximum absolute atomic E-state index is 10.8. The first-order valence-electron chi connectivity index (χ1n) is 11.3. The molecule has 0 amide bonds. The Hall–Kier alpha value is -3.46. The minimum Gasteiger partial charge on any atom is -0.493 e. The van der Waals surface area contributed by atoms with E-state index in [1.807, 2.05) is 36.4 Å². The van der Waals surface area contributed by atoms with Crippen LogP contribution in [0.15, 0.2) is 54.7 Å². The van der Waals surface area contributed by atoms with Crippen molar-refractivity contribution in [2.24, 2.45) is 5.92 Å². The largest absolute Gasteiger partial charge is 0.493 e. The topological polar surface area (TPSA) is 91.9 Å². The zero-order valence-corrected chi connectivity index (χ0v) is 19.3. The van der Waals surface area contributed by atoms with Gasteiger partial charge in [-0.25, -0.2) is 0 Å². The Kier molecular flexibility index (Phi) is 6.44. The highest BCUT2D eigenvalue weighted by molar-refractivity contribution is 6.30. The number of ether oxygens (including phenoxy) is 3. The van der Waals surface area contributed by atoms with Crippen molar-refractivity contribution in [2.45, 2.75) is 25.5 Å². The summed E-state index contributed by atoms with van der Waals surface area (Å²) in [6.45, 7) is 3.52. The molecule has 1 saturated heterocycles. The number of nitrogens with zero attached hydrogens (tertiary/aromatic N) is 4. The monoisotopic (exact) mass is 484 g/mol. The van der Waals surface area contributed by atoms with Crippen molar-refractivity contribution in [3.05, 3.63) is 69.9 Å². The van der Waals surface area contributed by atoms with Crippen LogP contribution in [-0.4, -0.2) is 46.9 Å². The SMILES string of the molecule is O=[N+]([O-])c1cn2c(n1)OC(COc1ccc(N3CCC(COc4ccc(Cl)cc4)CC3)cc1)C2. The van der Waals surface area contributed by atoms with E-state index in [1.165, 1.54) is 11.9 Å². The normalized spacial score (nSPS) is 17.8. The van der Waals surface area contributed by atoms with Crippen LogP contribution in [0.3, 0.4) is 0 Å². The molecule has 5 rings (SSSR count). The average molecular weight is 485 g/mol. The predicted octanol–water partition coefficient (Wildman–Crippen LogP) is 4.58. The van der Waals surface area contributed by atoms with Gasteiger partial charge in [0.15, 0.2) is 6.10 Å². The van der Waals surface area contributed by atoms with Crippen molar-refractivity contribution in [2.75, 3.05) is 31.2 Å². The lowest BCUT2D eigenvalue weighted by molar-refractivity contribution is -0.389. The Bertz CT molecular complexity index is 1100. The van der Waals surface area contributed by atoms with E-state index in [0.717, 1.165) is 44.0 Å². The Balaban J connectivity index is 1.05. The van der Waals surface area contributed by atoms with Crippen molar-refractivity contribution in [3.63, 3.8) is 0 Å². The molecule has 3 heterocycles. The molecule has 2 aliphatic rings. The number of aromatic nitrogens is 2. The van der Waals surface area contributed by atoms with Crippen molar-refractivity contribution in [1.82, 2.24) is 9.55 Å². The van der Waals surface area contributed by atoms with Crippen molar-refractivity contribution in [1.29, 1.82) is 0 Å². The predicted molar refractivity (Wildman–Crippen MR) is 127 cm³/mol. The van der Waals surface area contributed by atoms with Crippen molar-refractivity contribution >= 4 is 23.1 Å². The fourth-order valence-electron chi connectivity index (χ4n) is 4.24. The first kappa shape index (κ1) is 22.3. The Morgan fingerprint density at radius 2 is 1.68 bits per heavy atom. The molecule has 178 valence electrons. The molecule has 1 fully saturated rings. The number of benzene rings is 2. The van der Waals surface area contributed by atoms with Gasteiger partial charge in [-0.15, -0.1) is 0 Å². The van der Waals surface area contributed by atoms with Crippen LogP contribution in [0.25, 0.3) is 0 Å².